The summed E-state index contributed by atoms with van der Waals surface area (Å²) < 4.78 is 51.5. The second-order valence-corrected chi connectivity index (χ2v) is 7.87. The number of halogens is 2. The van der Waals surface area contributed by atoms with Gasteiger partial charge in [-0.3, -0.25) is 0 Å². The Bertz CT molecular complexity index is 457. The molecule has 0 aromatic rings. The molecule has 20 heavy (non-hydrogen) atoms. The quantitative estimate of drug-likeness (QED) is 0.637. The number of alkyl halides is 2. The van der Waals surface area contributed by atoms with Crippen LogP contribution >= 0.6 is 0 Å². The number of carbonyl (C=O) groups excluding carboxylic acids is 1. The lowest BCUT2D eigenvalue weighted by Gasteiger charge is -2.56. The van der Waals surface area contributed by atoms with E-state index in [1.54, 1.807) is 0 Å². The standard InChI is InChI=1S/C13H18F2O4S/c14-13(15,20(17)18)11(16)19-7-12-4-8-1-9(5-12)3-10(2-8)6-12/h8-10,20H,1-7H2. The van der Waals surface area contributed by atoms with Gasteiger partial charge in [0.25, 0.3) is 0 Å². The van der Waals surface area contributed by atoms with Gasteiger partial charge in [-0.2, -0.15) is 8.78 Å². The third-order valence-electron chi connectivity index (χ3n) is 5.15. The molecule has 4 saturated carbocycles. The van der Waals surface area contributed by atoms with E-state index in [2.05, 4.69) is 4.74 Å². The van der Waals surface area contributed by atoms with Gasteiger partial charge in [0.2, 0.25) is 10.7 Å². The van der Waals surface area contributed by atoms with Gasteiger partial charge in [-0.15, -0.1) is 0 Å². The zero-order valence-electron chi connectivity index (χ0n) is 11.0. The summed E-state index contributed by atoms with van der Waals surface area (Å²) in [4.78, 5) is 11.2. The number of hydrogen-bond donors (Lipinski definition) is 1. The Kier molecular flexibility index (Phi) is 3.30. The lowest BCUT2D eigenvalue weighted by atomic mass is 9.50. The Balaban J connectivity index is 1.65. The summed E-state index contributed by atoms with van der Waals surface area (Å²) in [7, 11) is -4.14. The van der Waals surface area contributed by atoms with Crippen LogP contribution in [-0.2, 0) is 20.2 Å². The van der Waals surface area contributed by atoms with E-state index >= 15 is 0 Å². The molecule has 0 unspecified atom stereocenters. The fraction of sp³-hybridized carbons (Fsp3) is 0.923. The van der Waals surface area contributed by atoms with Crippen LogP contribution in [0.2, 0.25) is 0 Å². The third kappa shape index (κ3) is 2.34. The van der Waals surface area contributed by atoms with Gasteiger partial charge in [-0.1, -0.05) is 0 Å². The first kappa shape index (κ1) is 14.2. The smallest absolute Gasteiger partial charge is 0.437 e. The summed E-state index contributed by atoms with van der Waals surface area (Å²) in [5.41, 5.74) is -0.186. The molecule has 4 aliphatic rings. The molecule has 0 aromatic carbocycles. The largest absolute Gasteiger partial charge is 0.460 e. The van der Waals surface area contributed by atoms with E-state index in [1.165, 1.54) is 19.3 Å². The number of rotatable bonds is 4. The fourth-order valence-electron chi connectivity index (χ4n) is 4.85. The first-order valence-corrected chi connectivity index (χ1v) is 8.18. The molecule has 0 radical (unpaired) electrons. The second-order valence-electron chi connectivity index (χ2n) is 6.79. The van der Waals surface area contributed by atoms with Crippen LogP contribution in [0.3, 0.4) is 0 Å². The molecule has 4 bridgehead atoms. The number of ether oxygens (including phenoxy) is 1. The number of hydrogen-bond acceptors (Lipinski definition) is 4. The van der Waals surface area contributed by atoms with Crippen molar-refractivity contribution in [2.75, 3.05) is 6.61 Å². The van der Waals surface area contributed by atoms with Crippen LogP contribution in [0.15, 0.2) is 0 Å². The molecular weight excluding hydrogens is 290 g/mol. The maximum atomic E-state index is 13.0. The molecule has 0 spiro atoms. The molecule has 4 rings (SSSR count). The topological polar surface area (TPSA) is 60.4 Å². The van der Waals surface area contributed by atoms with Crippen LogP contribution in [0.4, 0.5) is 8.78 Å². The average molecular weight is 308 g/mol. The molecular formula is C13H18F2O4S. The Morgan fingerprint density at radius 2 is 1.55 bits per heavy atom. The molecule has 0 N–H and O–H groups in total. The van der Waals surface area contributed by atoms with E-state index in [0.717, 1.165) is 19.3 Å². The summed E-state index contributed by atoms with van der Waals surface area (Å²) in [6, 6.07) is 0. The van der Waals surface area contributed by atoms with Crippen LogP contribution in [0.25, 0.3) is 0 Å². The monoisotopic (exact) mass is 308 g/mol. The maximum Gasteiger partial charge on any atom is 0.437 e. The fourth-order valence-corrected chi connectivity index (χ4v) is 5.06. The first-order valence-electron chi connectivity index (χ1n) is 7.00. The molecule has 0 aliphatic heterocycles. The van der Waals surface area contributed by atoms with Crippen LogP contribution in [0.1, 0.15) is 38.5 Å². The maximum absolute atomic E-state index is 13.0. The van der Waals surface area contributed by atoms with Crippen molar-refractivity contribution in [2.24, 2.45) is 23.2 Å². The van der Waals surface area contributed by atoms with Crippen molar-refractivity contribution >= 4 is 16.7 Å². The highest BCUT2D eigenvalue weighted by atomic mass is 32.2. The summed E-state index contributed by atoms with van der Waals surface area (Å²) in [5, 5.41) is -4.41. The highest BCUT2D eigenvalue weighted by Gasteiger charge is 2.53. The normalized spacial score (nSPS) is 39.2. The zero-order chi connectivity index (χ0) is 14.5. The number of carbonyl (C=O) groups is 1. The molecule has 0 saturated heterocycles. The lowest BCUT2D eigenvalue weighted by Crippen LogP contribution is -2.49. The van der Waals surface area contributed by atoms with Crippen LogP contribution < -0.4 is 0 Å². The molecule has 0 atom stereocenters. The SMILES string of the molecule is O=C(OCC12CC3CC(CC(C3)C1)C2)C(F)(F)[SH](=O)=O. The molecule has 4 fully saturated rings. The predicted octanol–water partition coefficient (Wildman–Crippen LogP) is 1.95. The van der Waals surface area contributed by atoms with E-state index in [9.17, 15) is 22.0 Å². The highest BCUT2D eigenvalue weighted by molar-refractivity contribution is 7.74. The van der Waals surface area contributed by atoms with Gasteiger partial charge in [0.05, 0.1) is 6.61 Å². The van der Waals surface area contributed by atoms with E-state index in [-0.39, 0.29) is 12.0 Å². The summed E-state index contributed by atoms with van der Waals surface area (Å²) in [6.45, 7) is -0.0614. The minimum absolute atomic E-state index is 0.0614. The average Bonchev–Trinajstić information content (AvgIpc) is 2.34. The molecule has 0 aromatic heterocycles. The van der Waals surface area contributed by atoms with Crippen molar-refractivity contribution in [3.8, 4) is 0 Å². The van der Waals surface area contributed by atoms with Crippen molar-refractivity contribution in [2.45, 2.75) is 43.8 Å². The predicted molar refractivity (Wildman–Crippen MR) is 66.8 cm³/mol. The van der Waals surface area contributed by atoms with Crippen molar-refractivity contribution in [1.29, 1.82) is 0 Å². The molecule has 0 heterocycles. The highest BCUT2D eigenvalue weighted by Crippen LogP contribution is 2.60. The van der Waals surface area contributed by atoms with Gasteiger partial charge in [0, 0.05) is 5.41 Å². The Morgan fingerprint density at radius 1 is 1.10 bits per heavy atom. The van der Waals surface area contributed by atoms with E-state index in [0.29, 0.717) is 17.8 Å². The van der Waals surface area contributed by atoms with Crippen molar-refractivity contribution < 1.29 is 26.7 Å². The van der Waals surface area contributed by atoms with Crippen molar-refractivity contribution in [3.05, 3.63) is 0 Å². The van der Waals surface area contributed by atoms with Gasteiger partial charge >= 0.3 is 11.2 Å². The lowest BCUT2D eigenvalue weighted by molar-refractivity contribution is -0.171. The molecule has 0 amide bonds. The van der Waals surface area contributed by atoms with Crippen LogP contribution in [0, 0.1) is 23.2 Å². The number of thiol groups is 1. The second kappa shape index (κ2) is 4.64. The van der Waals surface area contributed by atoms with Gasteiger partial charge in [0.15, 0.2) is 0 Å². The summed E-state index contributed by atoms with van der Waals surface area (Å²) >= 11 is 0. The molecule has 4 nitrogen and oxygen atoms in total. The minimum Gasteiger partial charge on any atom is -0.460 e. The van der Waals surface area contributed by atoms with Crippen LogP contribution in [-0.4, -0.2) is 26.2 Å². The third-order valence-corrected chi connectivity index (χ3v) is 5.79. The Morgan fingerprint density at radius 3 is 1.95 bits per heavy atom. The Hall–Kier alpha value is -0.720. The minimum atomic E-state index is -4.41. The van der Waals surface area contributed by atoms with Crippen molar-refractivity contribution in [3.63, 3.8) is 0 Å². The summed E-state index contributed by atoms with van der Waals surface area (Å²) in [6.07, 6.45) is 6.37. The van der Waals surface area contributed by atoms with Gasteiger partial charge in [-0.25, -0.2) is 13.2 Å². The molecule has 4 aliphatic carbocycles. The van der Waals surface area contributed by atoms with E-state index < -0.39 is 21.9 Å². The van der Waals surface area contributed by atoms with E-state index in [4.69, 9.17) is 0 Å². The Labute approximate surface area is 117 Å². The van der Waals surface area contributed by atoms with E-state index in [1.807, 2.05) is 0 Å². The zero-order valence-corrected chi connectivity index (χ0v) is 11.9. The van der Waals surface area contributed by atoms with Gasteiger partial charge in [0.1, 0.15) is 0 Å². The number of esters is 1. The summed E-state index contributed by atoms with van der Waals surface area (Å²) in [5.74, 6) is -0.0610. The van der Waals surface area contributed by atoms with Crippen LogP contribution in [0.5, 0.6) is 0 Å². The van der Waals surface area contributed by atoms with Gasteiger partial charge in [-0.05, 0) is 56.3 Å². The van der Waals surface area contributed by atoms with Crippen molar-refractivity contribution in [1.82, 2.24) is 0 Å². The first-order chi connectivity index (χ1) is 9.31. The van der Waals surface area contributed by atoms with Gasteiger partial charge < -0.3 is 4.74 Å². The molecule has 114 valence electrons. The molecule has 7 heteroatoms.